The molecule has 0 amide bonds. The van der Waals surface area contributed by atoms with Crippen LogP contribution in [0.15, 0.2) is 30.3 Å². The molecule has 4 saturated carbocycles. The summed E-state index contributed by atoms with van der Waals surface area (Å²) in [5, 5.41) is 12.0. The van der Waals surface area contributed by atoms with Crippen molar-refractivity contribution in [2.45, 2.75) is 103 Å². The standard InChI is InChI=1S/C29H42O3/c1-20(30)32-23-12-15-27(2)22(19-23)9-10-24-25(27)13-16-28(3)26(24)14-18-29(28,31)17-11-21-7-5-4-6-8-21/h4-8,22-26,31H,9-19H2,1-3H3/t22-,23+,24+,25+,26-,27+,28+,29+/m1/s1. The molecule has 0 spiro atoms. The molecule has 3 nitrogen and oxygen atoms in total. The Hall–Kier alpha value is -1.35. The molecule has 0 saturated heterocycles. The number of aryl methyl sites for hydroxylation is 1. The van der Waals surface area contributed by atoms with Crippen LogP contribution in [-0.2, 0) is 16.0 Å². The maximum absolute atomic E-state index is 12.0. The summed E-state index contributed by atoms with van der Waals surface area (Å²) < 4.78 is 5.63. The van der Waals surface area contributed by atoms with Crippen molar-refractivity contribution in [1.29, 1.82) is 0 Å². The highest BCUT2D eigenvalue weighted by atomic mass is 16.5. The van der Waals surface area contributed by atoms with Crippen molar-refractivity contribution in [2.24, 2.45) is 34.5 Å². The van der Waals surface area contributed by atoms with E-state index in [1.807, 2.05) is 0 Å². The van der Waals surface area contributed by atoms with E-state index in [0.717, 1.165) is 43.9 Å². The lowest BCUT2D eigenvalue weighted by Crippen LogP contribution is -2.57. The summed E-state index contributed by atoms with van der Waals surface area (Å²) in [5.74, 6) is 2.75. The second kappa shape index (κ2) is 8.15. The highest BCUT2D eigenvalue weighted by Crippen LogP contribution is 2.68. The van der Waals surface area contributed by atoms with Crippen LogP contribution in [0.1, 0.15) is 90.5 Å². The maximum Gasteiger partial charge on any atom is 0.302 e. The Balaban J connectivity index is 1.31. The molecule has 0 bridgehead atoms. The minimum atomic E-state index is -0.525. The second-order valence-electron chi connectivity index (χ2n) is 12.2. The molecule has 0 heterocycles. The minimum absolute atomic E-state index is 0.0566. The molecule has 1 aromatic rings. The Bertz CT molecular complexity index is 836. The molecule has 4 aliphatic rings. The van der Waals surface area contributed by atoms with Crippen LogP contribution < -0.4 is 0 Å². The van der Waals surface area contributed by atoms with E-state index in [2.05, 4.69) is 44.2 Å². The van der Waals surface area contributed by atoms with Gasteiger partial charge in [-0.05, 0) is 111 Å². The lowest BCUT2D eigenvalue weighted by atomic mass is 9.44. The molecular weight excluding hydrogens is 396 g/mol. The molecule has 8 atom stereocenters. The first-order valence-corrected chi connectivity index (χ1v) is 13.2. The molecule has 4 aliphatic carbocycles. The number of hydrogen-bond donors (Lipinski definition) is 1. The van der Waals surface area contributed by atoms with E-state index in [4.69, 9.17) is 4.74 Å². The fourth-order valence-corrected chi connectivity index (χ4v) is 9.08. The lowest BCUT2D eigenvalue weighted by molar-refractivity contribution is -0.170. The van der Waals surface area contributed by atoms with Crippen molar-refractivity contribution in [1.82, 2.24) is 0 Å². The van der Waals surface area contributed by atoms with Gasteiger partial charge in [-0.2, -0.15) is 0 Å². The number of fused-ring (bicyclic) bond motifs is 5. The van der Waals surface area contributed by atoms with Gasteiger partial charge in [0, 0.05) is 6.92 Å². The van der Waals surface area contributed by atoms with E-state index in [-0.39, 0.29) is 17.5 Å². The summed E-state index contributed by atoms with van der Waals surface area (Å²) in [6, 6.07) is 10.7. The van der Waals surface area contributed by atoms with Crippen molar-refractivity contribution in [3.05, 3.63) is 35.9 Å². The first-order valence-electron chi connectivity index (χ1n) is 13.2. The minimum Gasteiger partial charge on any atom is -0.463 e. The van der Waals surface area contributed by atoms with E-state index >= 15 is 0 Å². The normalized spacial score (nSPS) is 45.4. The van der Waals surface area contributed by atoms with Crippen LogP contribution in [0, 0.1) is 34.5 Å². The summed E-state index contributed by atoms with van der Waals surface area (Å²) in [7, 11) is 0. The lowest BCUT2D eigenvalue weighted by Gasteiger charge is -2.61. The highest BCUT2D eigenvalue weighted by Gasteiger charge is 2.64. The van der Waals surface area contributed by atoms with Crippen molar-refractivity contribution in [3.8, 4) is 0 Å². The number of rotatable bonds is 4. The summed E-state index contributed by atoms with van der Waals surface area (Å²) in [5.41, 5.74) is 1.26. The van der Waals surface area contributed by atoms with Gasteiger partial charge in [0.1, 0.15) is 6.10 Å². The van der Waals surface area contributed by atoms with Gasteiger partial charge >= 0.3 is 5.97 Å². The van der Waals surface area contributed by atoms with Crippen LogP contribution in [0.3, 0.4) is 0 Å². The van der Waals surface area contributed by atoms with Gasteiger partial charge in [0.15, 0.2) is 0 Å². The van der Waals surface area contributed by atoms with Gasteiger partial charge in [-0.25, -0.2) is 0 Å². The average molecular weight is 439 g/mol. The summed E-state index contributed by atoms with van der Waals surface area (Å²) in [6.07, 6.45) is 12.4. The molecule has 0 aliphatic heterocycles. The SMILES string of the molecule is CC(=O)O[C@H]1CC[C@@]2(C)[C@H](CC[C@@H]3[C@H]4CC[C@@](O)(CCc5ccccc5)[C@@]4(C)CC[C@@H]32)C1. The predicted octanol–water partition coefficient (Wildman–Crippen LogP) is 6.32. The number of aliphatic hydroxyl groups is 1. The van der Waals surface area contributed by atoms with Crippen molar-refractivity contribution >= 4 is 5.97 Å². The average Bonchev–Trinajstić information content (AvgIpc) is 3.04. The Morgan fingerprint density at radius 3 is 2.50 bits per heavy atom. The molecule has 5 rings (SSSR count). The number of benzene rings is 1. The number of ether oxygens (including phenoxy) is 1. The van der Waals surface area contributed by atoms with Crippen molar-refractivity contribution in [3.63, 3.8) is 0 Å². The Labute approximate surface area is 194 Å². The van der Waals surface area contributed by atoms with Gasteiger partial charge in [0.05, 0.1) is 5.60 Å². The predicted molar refractivity (Wildman–Crippen MR) is 127 cm³/mol. The summed E-state index contributed by atoms with van der Waals surface area (Å²) in [4.78, 5) is 11.5. The van der Waals surface area contributed by atoms with Crippen LogP contribution in [0.5, 0.6) is 0 Å². The maximum atomic E-state index is 12.0. The Morgan fingerprint density at radius 2 is 1.75 bits per heavy atom. The van der Waals surface area contributed by atoms with Gasteiger partial charge in [0.2, 0.25) is 0 Å². The third-order valence-corrected chi connectivity index (χ3v) is 10.9. The zero-order chi connectivity index (χ0) is 22.6. The van der Waals surface area contributed by atoms with E-state index in [1.54, 1.807) is 6.92 Å². The van der Waals surface area contributed by atoms with Gasteiger partial charge in [0.25, 0.3) is 0 Å². The number of hydrogen-bond acceptors (Lipinski definition) is 3. The zero-order valence-electron chi connectivity index (χ0n) is 20.3. The van der Waals surface area contributed by atoms with E-state index in [9.17, 15) is 9.90 Å². The van der Waals surface area contributed by atoms with Crippen LogP contribution in [0.4, 0.5) is 0 Å². The first-order chi connectivity index (χ1) is 15.3. The van der Waals surface area contributed by atoms with Crippen molar-refractivity contribution in [2.75, 3.05) is 0 Å². The van der Waals surface area contributed by atoms with Gasteiger partial charge in [-0.1, -0.05) is 44.2 Å². The molecule has 32 heavy (non-hydrogen) atoms. The Morgan fingerprint density at radius 1 is 1.00 bits per heavy atom. The fourth-order valence-electron chi connectivity index (χ4n) is 9.08. The topological polar surface area (TPSA) is 46.5 Å². The molecule has 1 aromatic carbocycles. The second-order valence-corrected chi connectivity index (χ2v) is 12.2. The molecule has 0 radical (unpaired) electrons. The first kappa shape index (κ1) is 22.4. The third-order valence-electron chi connectivity index (χ3n) is 10.9. The summed E-state index contributed by atoms with van der Waals surface area (Å²) >= 11 is 0. The summed E-state index contributed by atoms with van der Waals surface area (Å²) in [6.45, 7) is 6.53. The number of carbonyl (C=O) groups excluding carboxylic acids is 1. The molecule has 0 aromatic heterocycles. The van der Waals surface area contributed by atoms with E-state index in [1.165, 1.54) is 44.1 Å². The molecule has 176 valence electrons. The van der Waals surface area contributed by atoms with Crippen molar-refractivity contribution < 1.29 is 14.6 Å². The largest absolute Gasteiger partial charge is 0.463 e. The quantitative estimate of drug-likeness (QED) is 0.559. The number of carbonyl (C=O) groups is 1. The third kappa shape index (κ3) is 3.54. The zero-order valence-corrected chi connectivity index (χ0v) is 20.3. The monoisotopic (exact) mass is 438 g/mol. The highest BCUT2D eigenvalue weighted by molar-refractivity contribution is 5.66. The molecule has 0 unspecified atom stereocenters. The van der Waals surface area contributed by atoms with E-state index in [0.29, 0.717) is 17.3 Å². The van der Waals surface area contributed by atoms with Crippen LogP contribution in [-0.4, -0.2) is 22.8 Å². The number of esters is 1. The van der Waals surface area contributed by atoms with E-state index < -0.39 is 5.60 Å². The van der Waals surface area contributed by atoms with Gasteiger partial charge < -0.3 is 9.84 Å². The molecule has 1 N–H and O–H groups in total. The van der Waals surface area contributed by atoms with Crippen LogP contribution in [0.25, 0.3) is 0 Å². The van der Waals surface area contributed by atoms with Gasteiger partial charge in [-0.15, -0.1) is 0 Å². The molecule has 3 heteroatoms. The molecule has 4 fully saturated rings. The smallest absolute Gasteiger partial charge is 0.302 e. The molecular formula is C29H42O3. The van der Waals surface area contributed by atoms with Gasteiger partial charge in [-0.3, -0.25) is 4.79 Å². The van der Waals surface area contributed by atoms with Crippen LogP contribution in [0.2, 0.25) is 0 Å². The van der Waals surface area contributed by atoms with Crippen LogP contribution >= 0.6 is 0 Å². The fraction of sp³-hybridized carbons (Fsp3) is 0.759. The Kier molecular flexibility index (Phi) is 5.72.